The molecule has 2 aliphatic heterocycles. The molecule has 0 aromatic carbocycles. The Hall–Kier alpha value is -2.23. The molecule has 15 heteroatoms. The molecule has 3 amide bonds. The Morgan fingerprint density at radius 2 is 2.16 bits per heavy atom. The van der Waals surface area contributed by atoms with E-state index in [1.54, 1.807) is 6.08 Å². The van der Waals surface area contributed by atoms with Crippen LogP contribution in [0.4, 0.5) is 5.13 Å². The fourth-order valence-corrected chi connectivity index (χ4v) is 5.29. The van der Waals surface area contributed by atoms with E-state index < -0.39 is 34.4 Å². The molecule has 1 aromatic heterocycles. The molecule has 1 aromatic rings. The number of allylic oxidation sites excluding steroid dienone is 1. The number of oxime groups is 1. The summed E-state index contributed by atoms with van der Waals surface area (Å²) in [7, 11) is 1.25. The van der Waals surface area contributed by atoms with Crippen molar-refractivity contribution in [2.75, 3.05) is 12.4 Å². The van der Waals surface area contributed by atoms with Gasteiger partial charge in [-0.05, 0) is 43.5 Å². The fourth-order valence-electron chi connectivity index (χ4n) is 2.79. The number of thioether (sulfide) groups is 1. The molecule has 0 spiro atoms. The lowest BCUT2D eigenvalue weighted by Gasteiger charge is -2.48. The predicted molar refractivity (Wildman–Crippen MR) is 121 cm³/mol. The highest BCUT2D eigenvalue weighted by Crippen LogP contribution is 2.41. The first-order valence-corrected chi connectivity index (χ1v) is 11.7. The van der Waals surface area contributed by atoms with Crippen LogP contribution in [0.2, 0.25) is 0 Å². The minimum Gasteiger partial charge on any atom is -0.480 e. The molecule has 3 heterocycles. The number of halogens is 2. The number of nitrogens with one attached hydrogen (secondary N) is 2. The van der Waals surface area contributed by atoms with E-state index >= 15 is 0 Å². The summed E-state index contributed by atoms with van der Waals surface area (Å²) < 4.78 is 0.529. The van der Waals surface area contributed by atoms with Crippen LogP contribution in [0.5, 0.6) is 0 Å². The first kappa shape index (κ1) is 23.4. The van der Waals surface area contributed by atoms with Crippen LogP contribution in [0, 0.1) is 0 Å². The van der Waals surface area contributed by atoms with Gasteiger partial charge in [-0.2, -0.15) is 0 Å². The SMILES string of the molecule is CON=C(C(=O)NC1C(=O)N2C=C(C=C(Br)Br)C(C(=O)O)S[C@H]12)c1csc(NC=O)n1. The van der Waals surface area contributed by atoms with Gasteiger partial charge in [0.1, 0.15) is 29.5 Å². The van der Waals surface area contributed by atoms with Crippen LogP contribution in [0.25, 0.3) is 0 Å². The highest BCUT2D eigenvalue weighted by molar-refractivity contribution is 9.28. The molecule has 164 valence electrons. The quantitative estimate of drug-likeness (QED) is 0.177. The average molecular weight is 595 g/mol. The molecule has 0 saturated carbocycles. The number of rotatable bonds is 8. The third kappa shape index (κ3) is 4.99. The van der Waals surface area contributed by atoms with Gasteiger partial charge in [0.15, 0.2) is 10.8 Å². The van der Waals surface area contributed by atoms with Crippen molar-refractivity contribution < 1.29 is 29.1 Å². The normalized spacial score (nSPS) is 22.5. The second-order valence-electron chi connectivity index (χ2n) is 5.93. The lowest BCUT2D eigenvalue weighted by atomic mass is 10.0. The van der Waals surface area contributed by atoms with E-state index in [0.717, 1.165) is 23.1 Å². The number of thiazole rings is 1. The van der Waals surface area contributed by atoms with E-state index in [0.29, 0.717) is 15.4 Å². The summed E-state index contributed by atoms with van der Waals surface area (Å²) in [4.78, 5) is 57.7. The smallest absolute Gasteiger partial charge is 0.321 e. The van der Waals surface area contributed by atoms with Gasteiger partial charge in [-0.3, -0.25) is 19.2 Å². The van der Waals surface area contributed by atoms with Crippen LogP contribution in [0.15, 0.2) is 31.8 Å². The van der Waals surface area contributed by atoms with E-state index in [-0.39, 0.29) is 16.5 Å². The van der Waals surface area contributed by atoms with Gasteiger partial charge in [-0.25, -0.2) is 4.98 Å². The number of hydrogen-bond donors (Lipinski definition) is 3. The zero-order valence-corrected chi connectivity index (χ0v) is 20.2. The monoisotopic (exact) mass is 593 g/mol. The number of fused-ring (bicyclic) bond motifs is 1. The molecular formula is C16H13Br2N5O6S2. The average Bonchev–Trinajstić information content (AvgIpc) is 3.17. The summed E-state index contributed by atoms with van der Waals surface area (Å²) in [6.07, 6.45) is 3.45. The van der Waals surface area contributed by atoms with Crippen LogP contribution in [0.1, 0.15) is 5.69 Å². The van der Waals surface area contributed by atoms with Crippen molar-refractivity contribution in [1.29, 1.82) is 0 Å². The van der Waals surface area contributed by atoms with Crippen molar-refractivity contribution in [1.82, 2.24) is 15.2 Å². The van der Waals surface area contributed by atoms with E-state index in [2.05, 4.69) is 52.6 Å². The minimum absolute atomic E-state index is 0.145. The number of aliphatic carboxylic acids is 1. The van der Waals surface area contributed by atoms with Crippen molar-refractivity contribution >= 4 is 90.0 Å². The molecule has 3 N–H and O–H groups in total. The van der Waals surface area contributed by atoms with Gasteiger partial charge in [0, 0.05) is 11.6 Å². The Balaban J connectivity index is 1.79. The highest BCUT2D eigenvalue weighted by atomic mass is 79.9. The van der Waals surface area contributed by atoms with Gasteiger partial charge in [0.25, 0.3) is 11.8 Å². The maximum absolute atomic E-state index is 12.8. The van der Waals surface area contributed by atoms with E-state index in [4.69, 9.17) is 4.84 Å². The number of nitrogens with zero attached hydrogens (tertiary/aromatic N) is 3. The van der Waals surface area contributed by atoms with E-state index in [1.165, 1.54) is 23.6 Å². The molecule has 3 rings (SSSR count). The lowest BCUT2D eigenvalue weighted by Crippen LogP contribution is -2.69. The maximum atomic E-state index is 12.8. The van der Waals surface area contributed by atoms with Crippen LogP contribution in [0.3, 0.4) is 0 Å². The van der Waals surface area contributed by atoms with Crippen LogP contribution >= 0.6 is 55.0 Å². The Morgan fingerprint density at radius 3 is 2.77 bits per heavy atom. The van der Waals surface area contributed by atoms with Gasteiger partial charge >= 0.3 is 5.97 Å². The van der Waals surface area contributed by atoms with Crippen molar-refractivity contribution in [2.24, 2.45) is 5.16 Å². The second-order valence-corrected chi connectivity index (χ2v) is 10.8. The van der Waals surface area contributed by atoms with Crippen molar-refractivity contribution in [3.05, 3.63) is 32.3 Å². The van der Waals surface area contributed by atoms with Crippen molar-refractivity contribution in [3.8, 4) is 0 Å². The first-order valence-electron chi connectivity index (χ1n) is 8.29. The lowest BCUT2D eigenvalue weighted by molar-refractivity contribution is -0.144. The van der Waals surface area contributed by atoms with Crippen molar-refractivity contribution in [2.45, 2.75) is 16.7 Å². The van der Waals surface area contributed by atoms with Gasteiger partial charge in [0.05, 0.1) is 3.39 Å². The molecule has 11 nitrogen and oxygen atoms in total. The molecule has 3 atom stereocenters. The standard InChI is InChI=1S/C16H13Br2N5O6S2/c1-29-22-9(7-4-30-16(20-7)19-5-24)12(25)21-10-13(26)23-3-6(2-8(17)18)11(15(27)28)31-14(10)23/h2-5,10-11,14H,1H3,(H,21,25)(H,27,28)(H,19,20,24)/t10?,11?,14-/m1/s1. The Morgan fingerprint density at radius 1 is 1.42 bits per heavy atom. The van der Waals surface area contributed by atoms with Gasteiger partial charge < -0.3 is 25.5 Å². The Bertz CT molecular complexity index is 1020. The minimum atomic E-state index is -1.07. The molecule has 2 aliphatic rings. The summed E-state index contributed by atoms with van der Waals surface area (Å²) in [6, 6.07) is -0.957. The maximum Gasteiger partial charge on any atom is 0.321 e. The summed E-state index contributed by atoms with van der Waals surface area (Å²) in [5.74, 6) is -2.20. The fraction of sp³-hybridized carbons (Fsp3) is 0.250. The molecule has 0 aliphatic carbocycles. The molecular weight excluding hydrogens is 582 g/mol. The van der Waals surface area contributed by atoms with E-state index in [9.17, 15) is 24.3 Å². The zero-order valence-electron chi connectivity index (χ0n) is 15.4. The topological polar surface area (TPSA) is 150 Å². The number of amides is 3. The number of carboxylic acid groups (broad SMARTS) is 1. The highest BCUT2D eigenvalue weighted by Gasteiger charge is 2.52. The summed E-state index contributed by atoms with van der Waals surface area (Å²) >= 11 is 8.47. The Kier molecular flexibility index (Phi) is 7.51. The first-order chi connectivity index (χ1) is 14.8. The van der Waals surface area contributed by atoms with Crippen LogP contribution in [-0.2, 0) is 24.0 Å². The number of β-lactam (4-membered cyclic amide) rings is 1. The van der Waals surface area contributed by atoms with Crippen LogP contribution < -0.4 is 10.6 Å². The third-order valence-corrected chi connectivity index (χ3v) is 6.82. The molecule has 0 radical (unpaired) electrons. The third-order valence-electron chi connectivity index (χ3n) is 4.06. The number of carboxylic acids is 1. The summed E-state index contributed by atoms with van der Waals surface area (Å²) in [5, 5.41) is 18.4. The van der Waals surface area contributed by atoms with Gasteiger partial charge in [-0.15, -0.1) is 23.1 Å². The molecule has 31 heavy (non-hydrogen) atoms. The second kappa shape index (κ2) is 9.93. The summed E-state index contributed by atoms with van der Waals surface area (Å²) in [6.45, 7) is 0. The Labute approximate surface area is 200 Å². The van der Waals surface area contributed by atoms with E-state index in [1.807, 2.05) is 0 Å². The molecule has 1 fully saturated rings. The molecule has 0 bridgehead atoms. The van der Waals surface area contributed by atoms with Gasteiger partial charge in [0.2, 0.25) is 6.41 Å². The van der Waals surface area contributed by atoms with Crippen LogP contribution in [-0.4, -0.2) is 68.7 Å². The molecule has 1 saturated heterocycles. The number of carbonyl (C=O) groups excluding carboxylic acids is 3. The predicted octanol–water partition coefficient (Wildman–Crippen LogP) is 1.43. The number of anilines is 1. The number of carbonyl (C=O) groups is 4. The zero-order chi connectivity index (χ0) is 22.7. The number of hydrogen-bond acceptors (Lipinski definition) is 9. The largest absolute Gasteiger partial charge is 0.480 e. The van der Waals surface area contributed by atoms with Crippen molar-refractivity contribution in [3.63, 3.8) is 0 Å². The molecule has 2 unspecified atom stereocenters. The number of aromatic nitrogens is 1. The summed E-state index contributed by atoms with van der Waals surface area (Å²) in [5.41, 5.74) is 0.364. The van der Waals surface area contributed by atoms with Gasteiger partial charge in [-0.1, -0.05) is 5.16 Å².